The van der Waals surface area contributed by atoms with Crippen LogP contribution in [-0.2, 0) is 9.53 Å². The summed E-state index contributed by atoms with van der Waals surface area (Å²) in [6.07, 6.45) is 1.43. The van der Waals surface area contributed by atoms with E-state index >= 15 is 0 Å². The minimum atomic E-state index is -0.451. The number of methoxy groups -OCH3 is 1. The highest BCUT2D eigenvalue weighted by atomic mass is 16.5. The highest BCUT2D eigenvalue weighted by Gasteiger charge is 2.07. The lowest BCUT2D eigenvalue weighted by Crippen LogP contribution is -2.34. The van der Waals surface area contributed by atoms with E-state index in [1.54, 1.807) is 42.5 Å². The maximum atomic E-state index is 11.9. The lowest BCUT2D eigenvalue weighted by molar-refractivity contribution is -0.120. The van der Waals surface area contributed by atoms with Crippen LogP contribution in [0, 0.1) is 6.92 Å². The van der Waals surface area contributed by atoms with Crippen LogP contribution < -0.4 is 10.7 Å². The number of ether oxygens (including phenoxy) is 1. The maximum Gasteiger partial charge on any atom is 0.337 e. The predicted octanol–water partition coefficient (Wildman–Crippen LogP) is 1.66. The van der Waals surface area contributed by atoms with E-state index in [1.807, 2.05) is 13.0 Å². The topological polar surface area (TPSA) is 96.9 Å². The van der Waals surface area contributed by atoms with Crippen LogP contribution in [-0.4, -0.2) is 37.7 Å². The van der Waals surface area contributed by atoms with Crippen molar-refractivity contribution < 1.29 is 19.1 Å². The summed E-state index contributed by atoms with van der Waals surface area (Å²) in [5.74, 6) is -1.20. The molecule has 0 aliphatic rings. The van der Waals surface area contributed by atoms with Crippen LogP contribution >= 0.6 is 0 Å². The van der Waals surface area contributed by atoms with Crippen LogP contribution in [0.2, 0.25) is 0 Å². The molecule has 0 atom stereocenters. The van der Waals surface area contributed by atoms with Gasteiger partial charge in [0, 0.05) is 5.56 Å². The second-order valence-corrected chi connectivity index (χ2v) is 5.46. The summed E-state index contributed by atoms with van der Waals surface area (Å²) in [4.78, 5) is 35.0. The summed E-state index contributed by atoms with van der Waals surface area (Å²) < 4.78 is 4.61. The molecule has 134 valence electrons. The second kappa shape index (κ2) is 9.12. The Bertz CT molecular complexity index is 829. The molecule has 0 unspecified atom stereocenters. The van der Waals surface area contributed by atoms with Crippen LogP contribution in [0.3, 0.4) is 0 Å². The van der Waals surface area contributed by atoms with Gasteiger partial charge in [-0.3, -0.25) is 9.59 Å². The Kier molecular flexibility index (Phi) is 6.61. The van der Waals surface area contributed by atoms with Crippen LogP contribution in [0.25, 0.3) is 0 Å². The standard InChI is InChI=1S/C19H19N3O4/c1-13-4-3-5-16(10-13)18(24)20-12-17(23)22-21-11-14-6-8-15(9-7-14)19(25)26-2/h3-11H,12H2,1-2H3,(H,20,24)(H,22,23)/b21-11+. The predicted molar refractivity (Wildman–Crippen MR) is 97.0 cm³/mol. The molecule has 2 N–H and O–H groups in total. The van der Waals surface area contributed by atoms with Crippen molar-refractivity contribution in [3.05, 3.63) is 70.8 Å². The number of amides is 2. The lowest BCUT2D eigenvalue weighted by atomic mass is 10.1. The maximum absolute atomic E-state index is 11.9. The number of esters is 1. The van der Waals surface area contributed by atoms with Crippen molar-refractivity contribution in [2.45, 2.75) is 6.92 Å². The van der Waals surface area contributed by atoms with Gasteiger partial charge in [0.25, 0.3) is 11.8 Å². The number of nitrogens with zero attached hydrogens (tertiary/aromatic N) is 1. The van der Waals surface area contributed by atoms with Gasteiger partial charge in [0.05, 0.1) is 25.4 Å². The van der Waals surface area contributed by atoms with E-state index in [4.69, 9.17) is 0 Å². The molecule has 26 heavy (non-hydrogen) atoms. The Labute approximate surface area is 151 Å². The largest absolute Gasteiger partial charge is 0.465 e. The van der Waals surface area contributed by atoms with Gasteiger partial charge in [0.2, 0.25) is 0 Å². The smallest absolute Gasteiger partial charge is 0.337 e. The second-order valence-electron chi connectivity index (χ2n) is 5.46. The van der Waals surface area contributed by atoms with E-state index in [2.05, 4.69) is 20.6 Å². The number of hydrogen-bond acceptors (Lipinski definition) is 5. The number of carbonyl (C=O) groups is 3. The third kappa shape index (κ3) is 5.55. The van der Waals surface area contributed by atoms with E-state index in [-0.39, 0.29) is 12.5 Å². The van der Waals surface area contributed by atoms with E-state index in [1.165, 1.54) is 13.3 Å². The first kappa shape index (κ1) is 18.9. The minimum absolute atomic E-state index is 0.189. The molecule has 7 heteroatoms. The van der Waals surface area contributed by atoms with Gasteiger partial charge in [-0.15, -0.1) is 0 Å². The van der Waals surface area contributed by atoms with Crippen LogP contribution in [0.5, 0.6) is 0 Å². The summed E-state index contributed by atoms with van der Waals surface area (Å²) >= 11 is 0. The van der Waals surface area contributed by atoms with Crippen molar-refractivity contribution >= 4 is 24.0 Å². The molecule has 0 saturated carbocycles. The molecule has 0 fully saturated rings. The molecule has 0 aliphatic carbocycles. The highest BCUT2D eigenvalue weighted by molar-refractivity contribution is 5.96. The highest BCUT2D eigenvalue weighted by Crippen LogP contribution is 2.04. The van der Waals surface area contributed by atoms with Crippen LogP contribution in [0.4, 0.5) is 0 Å². The van der Waals surface area contributed by atoms with Crippen molar-refractivity contribution in [2.24, 2.45) is 5.10 Å². The molecule has 2 rings (SSSR count). The zero-order valence-electron chi connectivity index (χ0n) is 14.5. The van der Waals surface area contributed by atoms with E-state index in [9.17, 15) is 14.4 Å². The number of hydrazone groups is 1. The molecular formula is C19H19N3O4. The normalized spacial score (nSPS) is 10.4. The number of hydrogen-bond donors (Lipinski definition) is 2. The molecule has 7 nitrogen and oxygen atoms in total. The molecule has 0 heterocycles. The molecule has 0 radical (unpaired) electrons. The van der Waals surface area contributed by atoms with Crippen molar-refractivity contribution in [1.82, 2.24) is 10.7 Å². The quantitative estimate of drug-likeness (QED) is 0.469. The molecule has 0 saturated heterocycles. The summed E-state index contributed by atoms with van der Waals surface area (Å²) in [5, 5.41) is 6.33. The first-order valence-electron chi connectivity index (χ1n) is 7.85. The SMILES string of the molecule is COC(=O)c1ccc(/C=N/NC(=O)CNC(=O)c2cccc(C)c2)cc1. The summed E-state index contributed by atoms with van der Waals surface area (Å²) in [6.45, 7) is 1.70. The van der Waals surface area contributed by atoms with Crippen LogP contribution in [0.1, 0.15) is 31.8 Å². The Morgan fingerprint density at radius 2 is 1.81 bits per heavy atom. The Morgan fingerprint density at radius 3 is 2.46 bits per heavy atom. The van der Waals surface area contributed by atoms with Gasteiger partial charge in [-0.25, -0.2) is 10.2 Å². The zero-order valence-corrected chi connectivity index (χ0v) is 14.5. The number of carbonyl (C=O) groups excluding carboxylic acids is 3. The third-order valence-corrected chi connectivity index (χ3v) is 3.42. The number of benzene rings is 2. The Balaban J connectivity index is 1.80. The lowest BCUT2D eigenvalue weighted by Gasteiger charge is -2.05. The molecule has 2 aromatic carbocycles. The monoisotopic (exact) mass is 353 g/mol. The molecular weight excluding hydrogens is 334 g/mol. The van der Waals surface area contributed by atoms with Crippen molar-refractivity contribution in [3.8, 4) is 0 Å². The molecule has 2 aromatic rings. The molecule has 0 bridgehead atoms. The van der Waals surface area contributed by atoms with Gasteiger partial charge < -0.3 is 10.1 Å². The first-order valence-corrected chi connectivity index (χ1v) is 7.85. The fourth-order valence-electron chi connectivity index (χ4n) is 2.09. The number of aryl methyl sites for hydroxylation is 1. The van der Waals surface area contributed by atoms with Crippen LogP contribution in [0.15, 0.2) is 53.6 Å². The van der Waals surface area contributed by atoms with Gasteiger partial charge in [-0.1, -0.05) is 29.8 Å². The summed E-state index contributed by atoms with van der Waals surface area (Å²) in [7, 11) is 1.31. The average molecular weight is 353 g/mol. The Morgan fingerprint density at radius 1 is 1.08 bits per heavy atom. The average Bonchev–Trinajstić information content (AvgIpc) is 2.66. The van der Waals surface area contributed by atoms with Gasteiger partial charge in [0.1, 0.15) is 0 Å². The number of rotatable bonds is 6. The van der Waals surface area contributed by atoms with Crippen molar-refractivity contribution in [2.75, 3.05) is 13.7 Å². The fraction of sp³-hybridized carbons (Fsp3) is 0.158. The van der Waals surface area contributed by atoms with E-state index < -0.39 is 11.9 Å². The molecule has 0 spiro atoms. The van der Waals surface area contributed by atoms with E-state index in [0.717, 1.165) is 5.56 Å². The van der Waals surface area contributed by atoms with Gasteiger partial charge in [-0.05, 0) is 36.8 Å². The fourth-order valence-corrected chi connectivity index (χ4v) is 2.09. The van der Waals surface area contributed by atoms with E-state index in [0.29, 0.717) is 16.7 Å². The number of nitrogens with one attached hydrogen (secondary N) is 2. The molecule has 0 aliphatic heterocycles. The summed E-state index contributed by atoms with van der Waals surface area (Å²) in [5.41, 5.74) is 4.90. The van der Waals surface area contributed by atoms with Crippen molar-refractivity contribution in [1.29, 1.82) is 0 Å². The van der Waals surface area contributed by atoms with Gasteiger partial charge in [-0.2, -0.15) is 5.10 Å². The third-order valence-electron chi connectivity index (χ3n) is 3.42. The van der Waals surface area contributed by atoms with Gasteiger partial charge >= 0.3 is 5.97 Å². The van der Waals surface area contributed by atoms with Crippen molar-refractivity contribution in [3.63, 3.8) is 0 Å². The molecule has 0 aromatic heterocycles. The minimum Gasteiger partial charge on any atom is -0.465 e. The Hall–Kier alpha value is -3.48. The molecule has 2 amide bonds. The van der Waals surface area contributed by atoms with Gasteiger partial charge in [0.15, 0.2) is 0 Å². The first-order chi connectivity index (χ1) is 12.5. The summed E-state index contributed by atoms with van der Waals surface area (Å²) in [6, 6.07) is 13.6. The zero-order chi connectivity index (χ0) is 18.9.